The molecule has 3 fully saturated rings. The van der Waals surface area contributed by atoms with E-state index in [2.05, 4.69) is 32.0 Å². The molecule has 0 radical (unpaired) electrons. The summed E-state index contributed by atoms with van der Waals surface area (Å²) < 4.78 is 52.2. The molecule has 2 aromatic carbocycles. The summed E-state index contributed by atoms with van der Waals surface area (Å²) in [6.45, 7) is 6.03. The molecule has 0 spiro atoms. The highest BCUT2D eigenvalue weighted by Gasteiger charge is 2.47. The summed E-state index contributed by atoms with van der Waals surface area (Å²) in [5.74, 6) is -1.85. The first-order chi connectivity index (χ1) is 23.6. The number of hydrogen-bond acceptors (Lipinski definition) is 9. The Morgan fingerprint density at radius 1 is 0.918 bits per heavy atom. The van der Waals surface area contributed by atoms with Crippen LogP contribution >= 0.6 is 0 Å². The summed E-state index contributed by atoms with van der Waals surface area (Å²) in [4.78, 5) is 38.5. The number of likely N-dealkylation sites (tertiary alicyclic amines) is 1. The quantitative estimate of drug-likeness (QED) is 0.348. The van der Waals surface area contributed by atoms with Gasteiger partial charge in [-0.1, -0.05) is 55.5 Å². The molecule has 0 bridgehead atoms. The van der Waals surface area contributed by atoms with Gasteiger partial charge in [0, 0.05) is 69.7 Å². The Hall–Kier alpha value is -4.11. The van der Waals surface area contributed by atoms with E-state index < -0.39 is 30.3 Å². The van der Waals surface area contributed by atoms with E-state index in [1.807, 2.05) is 48.5 Å². The second kappa shape index (κ2) is 15.2. The van der Waals surface area contributed by atoms with Crippen molar-refractivity contribution >= 4 is 17.8 Å². The van der Waals surface area contributed by atoms with Crippen LogP contribution in [0.4, 0.5) is 19.1 Å². The van der Waals surface area contributed by atoms with Gasteiger partial charge in [0.1, 0.15) is 6.04 Å². The van der Waals surface area contributed by atoms with Crippen molar-refractivity contribution in [1.82, 2.24) is 25.1 Å². The molecular formula is C35H41F3N6O5. The van der Waals surface area contributed by atoms with Crippen LogP contribution in [0.1, 0.15) is 54.4 Å². The summed E-state index contributed by atoms with van der Waals surface area (Å²) >= 11 is 0. The van der Waals surface area contributed by atoms with Gasteiger partial charge in [-0.25, -0.2) is 9.97 Å². The predicted molar refractivity (Wildman–Crippen MR) is 173 cm³/mol. The zero-order valence-electron chi connectivity index (χ0n) is 27.3. The Balaban J connectivity index is 1.11. The van der Waals surface area contributed by atoms with Crippen molar-refractivity contribution in [3.63, 3.8) is 0 Å². The minimum atomic E-state index is -5.02. The summed E-state index contributed by atoms with van der Waals surface area (Å²) in [7, 11) is 0. The minimum absolute atomic E-state index is 0.0144. The van der Waals surface area contributed by atoms with Gasteiger partial charge in [0.25, 0.3) is 0 Å². The summed E-state index contributed by atoms with van der Waals surface area (Å²) in [6, 6.07) is 15.8. The van der Waals surface area contributed by atoms with Crippen molar-refractivity contribution in [3.05, 3.63) is 89.2 Å². The molecule has 1 aromatic heterocycles. The van der Waals surface area contributed by atoms with Crippen molar-refractivity contribution < 1.29 is 37.3 Å². The number of nitrogens with one attached hydrogen (secondary N) is 1. The molecule has 3 aromatic rings. The Morgan fingerprint density at radius 2 is 1.57 bits per heavy atom. The summed E-state index contributed by atoms with van der Waals surface area (Å²) in [6.07, 6.45) is -2.12. The number of carbonyl (C=O) groups is 2. The van der Waals surface area contributed by atoms with Crippen LogP contribution in [0.5, 0.6) is 0 Å². The predicted octanol–water partition coefficient (Wildman–Crippen LogP) is 3.75. The lowest BCUT2D eigenvalue weighted by Crippen LogP contribution is -2.51. The second-order valence-corrected chi connectivity index (χ2v) is 12.8. The number of ether oxygens (including phenoxy) is 2. The molecule has 3 aliphatic heterocycles. The van der Waals surface area contributed by atoms with Crippen LogP contribution in [0.25, 0.3) is 0 Å². The highest BCUT2D eigenvalue weighted by molar-refractivity contribution is 5.90. The van der Waals surface area contributed by atoms with E-state index in [9.17, 15) is 27.9 Å². The minimum Gasteiger partial charge on any atom is -0.392 e. The average molecular weight is 683 g/mol. The number of aromatic nitrogens is 2. The molecule has 262 valence electrons. The first-order valence-electron chi connectivity index (χ1n) is 16.6. The lowest BCUT2D eigenvalue weighted by molar-refractivity contribution is -0.276. The number of rotatable bonds is 9. The fourth-order valence-electron chi connectivity index (χ4n) is 6.71. The Labute approximate surface area is 283 Å². The molecule has 0 aliphatic carbocycles. The van der Waals surface area contributed by atoms with Crippen LogP contribution in [0, 0.1) is 5.92 Å². The molecular weight excluding hydrogens is 641 g/mol. The SMILES string of the molecule is C[C@H]1[C@@H](CN2CCN(c3ncccn3)CC2)O[C@@H](c2ccc(CNC(=O)[C@@H]3CCCN3C(=O)C(F)(F)F)cc2)O[C@H]1c1ccc(CO)cc1. The molecule has 11 nitrogen and oxygen atoms in total. The van der Waals surface area contributed by atoms with Gasteiger partial charge in [-0.3, -0.25) is 14.5 Å². The Bertz CT molecular complexity index is 1550. The monoisotopic (exact) mass is 682 g/mol. The van der Waals surface area contributed by atoms with E-state index in [1.54, 1.807) is 18.5 Å². The third-order valence-corrected chi connectivity index (χ3v) is 9.55. The maximum atomic E-state index is 13.0. The molecule has 14 heteroatoms. The van der Waals surface area contributed by atoms with E-state index in [-0.39, 0.29) is 44.2 Å². The van der Waals surface area contributed by atoms with Crippen LogP contribution < -0.4 is 10.2 Å². The number of carbonyl (C=O) groups excluding carboxylic acids is 2. The van der Waals surface area contributed by atoms with Crippen molar-refractivity contribution in [2.75, 3.05) is 44.2 Å². The number of benzene rings is 2. The third-order valence-electron chi connectivity index (χ3n) is 9.55. The zero-order chi connectivity index (χ0) is 34.5. The molecule has 3 saturated heterocycles. The highest BCUT2D eigenvalue weighted by atomic mass is 19.4. The molecule has 2 amide bonds. The fourth-order valence-corrected chi connectivity index (χ4v) is 6.71. The molecule has 6 rings (SSSR count). The molecule has 0 unspecified atom stereocenters. The Morgan fingerprint density at radius 3 is 2.22 bits per heavy atom. The van der Waals surface area contributed by atoms with Crippen molar-refractivity contribution in [2.24, 2.45) is 5.92 Å². The molecule has 3 aliphatic rings. The van der Waals surface area contributed by atoms with E-state index in [1.165, 1.54) is 0 Å². The Kier molecular flexibility index (Phi) is 10.8. The van der Waals surface area contributed by atoms with Gasteiger partial charge in [0.15, 0.2) is 6.29 Å². The number of piperazine rings is 1. The first-order valence-corrected chi connectivity index (χ1v) is 16.6. The smallest absolute Gasteiger partial charge is 0.392 e. The van der Waals surface area contributed by atoms with Gasteiger partial charge >= 0.3 is 12.1 Å². The second-order valence-electron chi connectivity index (χ2n) is 12.8. The van der Waals surface area contributed by atoms with Gasteiger partial charge in [0.05, 0.1) is 18.8 Å². The van der Waals surface area contributed by atoms with Gasteiger partial charge in [0.2, 0.25) is 11.9 Å². The maximum Gasteiger partial charge on any atom is 0.471 e. The van der Waals surface area contributed by atoms with E-state index in [0.29, 0.717) is 17.9 Å². The van der Waals surface area contributed by atoms with Gasteiger partial charge < -0.3 is 29.7 Å². The van der Waals surface area contributed by atoms with Crippen LogP contribution in [0.2, 0.25) is 0 Å². The average Bonchev–Trinajstić information content (AvgIpc) is 3.62. The topological polar surface area (TPSA) is 120 Å². The lowest BCUT2D eigenvalue weighted by Gasteiger charge is -2.44. The molecule has 0 saturated carbocycles. The number of amides is 2. The normalized spacial score (nSPS) is 25.0. The van der Waals surface area contributed by atoms with Gasteiger partial charge in [-0.2, -0.15) is 13.2 Å². The number of nitrogens with zero attached hydrogens (tertiary/aromatic N) is 5. The summed E-state index contributed by atoms with van der Waals surface area (Å²) in [5, 5.41) is 12.2. The third kappa shape index (κ3) is 8.20. The number of aliphatic hydroxyl groups excluding tert-OH is 1. The molecule has 49 heavy (non-hydrogen) atoms. The van der Waals surface area contributed by atoms with Crippen LogP contribution in [0.15, 0.2) is 67.0 Å². The fraction of sp³-hybridized carbons (Fsp3) is 0.486. The number of halogens is 3. The van der Waals surface area contributed by atoms with Gasteiger partial charge in [-0.15, -0.1) is 0 Å². The number of alkyl halides is 3. The van der Waals surface area contributed by atoms with Gasteiger partial charge in [-0.05, 0) is 35.6 Å². The van der Waals surface area contributed by atoms with Crippen LogP contribution in [-0.4, -0.2) is 94.3 Å². The van der Waals surface area contributed by atoms with Crippen molar-refractivity contribution in [1.29, 1.82) is 0 Å². The summed E-state index contributed by atoms with van der Waals surface area (Å²) in [5.41, 5.74) is 3.32. The van der Waals surface area contributed by atoms with Crippen molar-refractivity contribution in [2.45, 2.75) is 63.6 Å². The highest BCUT2D eigenvalue weighted by Crippen LogP contribution is 2.42. The van der Waals surface area contributed by atoms with Crippen molar-refractivity contribution in [3.8, 4) is 0 Å². The number of aliphatic hydroxyl groups is 1. The van der Waals surface area contributed by atoms with Crippen LogP contribution in [0.3, 0.4) is 0 Å². The standard InChI is InChI=1S/C35H41F3N6O5/c1-23-29(21-42-16-18-43(19-17-42)34-39-13-3-14-40-34)48-32(49-30(23)26-9-7-25(22-45)8-10-26)27-11-5-24(6-12-27)20-41-31(46)28-4-2-15-44(28)33(47)35(36,37)38/h3,5-14,23,28-30,32,45H,2,4,15-22H2,1H3,(H,41,46)/t23-,28-,29+,30+,32+/m0/s1. The molecule has 2 N–H and O–H groups in total. The van der Waals surface area contributed by atoms with E-state index in [4.69, 9.17) is 9.47 Å². The van der Waals surface area contributed by atoms with E-state index >= 15 is 0 Å². The number of anilines is 1. The zero-order valence-corrected chi connectivity index (χ0v) is 27.3. The molecule has 5 atom stereocenters. The van der Waals surface area contributed by atoms with Crippen LogP contribution in [-0.2, 0) is 32.2 Å². The largest absolute Gasteiger partial charge is 0.471 e. The maximum absolute atomic E-state index is 13.0. The first kappa shape index (κ1) is 34.7. The number of hydrogen-bond donors (Lipinski definition) is 2. The van der Waals surface area contributed by atoms with E-state index in [0.717, 1.165) is 54.4 Å². The molecule has 4 heterocycles. The lowest BCUT2D eigenvalue weighted by atomic mass is 9.90.